The van der Waals surface area contributed by atoms with Crippen LogP contribution in [0.4, 0.5) is 11.4 Å². The van der Waals surface area contributed by atoms with Gasteiger partial charge in [0.1, 0.15) is 17.1 Å². The van der Waals surface area contributed by atoms with E-state index in [1.54, 1.807) is 11.0 Å². The van der Waals surface area contributed by atoms with E-state index in [1.807, 2.05) is 24.3 Å². The Bertz CT molecular complexity index is 1560. The molecule has 210 valence electrons. The minimum absolute atomic E-state index is 0.00531. The predicted octanol–water partition coefficient (Wildman–Crippen LogP) is 4.82. The van der Waals surface area contributed by atoms with Gasteiger partial charge in [0.15, 0.2) is 0 Å². The van der Waals surface area contributed by atoms with Crippen LogP contribution in [0.5, 0.6) is 11.5 Å². The van der Waals surface area contributed by atoms with Gasteiger partial charge in [0.25, 0.3) is 21.9 Å². The largest absolute Gasteiger partial charge is 0.455 e. The first-order valence-electron chi connectivity index (χ1n) is 12.6. The van der Waals surface area contributed by atoms with Gasteiger partial charge in [-0.25, -0.2) is 0 Å². The molecule has 0 saturated heterocycles. The summed E-state index contributed by atoms with van der Waals surface area (Å²) in [6, 6.07) is 12.6. The number of hydrogen-bond donors (Lipinski definition) is 2. The molecule has 2 aromatic carbocycles. The fraction of sp³-hybridized carbons (Fsp3) is 0.296. The van der Waals surface area contributed by atoms with E-state index in [-0.39, 0.29) is 51.5 Å². The number of ether oxygens (including phenoxy) is 1. The van der Waals surface area contributed by atoms with Crippen molar-refractivity contribution in [3.05, 3.63) is 76.0 Å². The number of rotatable bonds is 9. The summed E-state index contributed by atoms with van der Waals surface area (Å²) < 4.78 is 36.5. The number of para-hydroxylation sites is 2. The Kier molecular flexibility index (Phi) is 8.18. The van der Waals surface area contributed by atoms with Gasteiger partial charge in [-0.3, -0.25) is 19.1 Å². The van der Waals surface area contributed by atoms with E-state index in [0.29, 0.717) is 12.6 Å². The van der Waals surface area contributed by atoms with Crippen LogP contribution in [-0.2, 0) is 10.1 Å². The average molecular weight is 606 g/mol. The SMILES string of the molecule is O=C(NCCCS(=O)(=O)O)c1cc(Cl)c(Oc2ccncc2C(=O)N2CCN(C3CC3)c3ccccc32)cc1Cl. The summed E-state index contributed by atoms with van der Waals surface area (Å²) >= 11 is 12.8. The summed E-state index contributed by atoms with van der Waals surface area (Å²) in [5.41, 5.74) is 2.15. The number of nitrogens with one attached hydrogen (secondary N) is 1. The highest BCUT2D eigenvalue weighted by Gasteiger charge is 2.36. The zero-order chi connectivity index (χ0) is 28.4. The number of carbonyl (C=O) groups excluding carboxylic acids is 2. The minimum atomic E-state index is -4.12. The average Bonchev–Trinajstić information content (AvgIpc) is 3.77. The Morgan fingerprint density at radius 2 is 1.77 bits per heavy atom. The van der Waals surface area contributed by atoms with Crippen LogP contribution in [0.1, 0.15) is 40.0 Å². The lowest BCUT2D eigenvalue weighted by Gasteiger charge is -2.38. The number of fused-ring (bicyclic) bond motifs is 1. The van der Waals surface area contributed by atoms with Crippen LogP contribution in [0.3, 0.4) is 0 Å². The molecule has 1 aliphatic heterocycles. The van der Waals surface area contributed by atoms with Gasteiger partial charge in [0.2, 0.25) is 0 Å². The third-order valence-electron chi connectivity index (χ3n) is 6.64. The first kappa shape index (κ1) is 28.2. The van der Waals surface area contributed by atoms with E-state index in [1.165, 1.54) is 24.5 Å². The van der Waals surface area contributed by atoms with Crippen LogP contribution < -0.4 is 19.9 Å². The number of halogens is 2. The van der Waals surface area contributed by atoms with Gasteiger partial charge in [-0.1, -0.05) is 35.3 Å². The molecule has 40 heavy (non-hydrogen) atoms. The number of nitrogens with zero attached hydrogens (tertiary/aromatic N) is 3. The molecule has 0 bridgehead atoms. The molecule has 1 aliphatic carbocycles. The minimum Gasteiger partial charge on any atom is -0.455 e. The summed E-state index contributed by atoms with van der Waals surface area (Å²) in [6.07, 6.45) is 5.27. The van der Waals surface area contributed by atoms with Crippen LogP contribution in [0.25, 0.3) is 0 Å². The second-order valence-corrected chi connectivity index (χ2v) is 11.9. The Labute approximate surface area is 241 Å². The van der Waals surface area contributed by atoms with Crippen molar-refractivity contribution >= 4 is 56.5 Å². The third-order valence-corrected chi connectivity index (χ3v) is 8.05. The standard InChI is InChI=1S/C27H26Cl2N4O6S/c28-20-15-25(21(29)14-18(20)26(34)31-9-3-13-40(36,37)38)39-24-8-10-30-16-19(24)27(35)33-12-11-32(17-6-7-17)22-4-1-2-5-23(22)33/h1-2,4-5,8,10,14-17H,3,6-7,9,11-13H2,(H,31,34)(H,36,37,38). The molecular weight excluding hydrogens is 579 g/mol. The van der Waals surface area contributed by atoms with Gasteiger partial charge in [-0.05, 0) is 43.5 Å². The summed E-state index contributed by atoms with van der Waals surface area (Å²) in [6.45, 7) is 1.25. The Hall–Kier alpha value is -3.38. The van der Waals surface area contributed by atoms with E-state index in [4.69, 9.17) is 32.5 Å². The van der Waals surface area contributed by atoms with Gasteiger partial charge in [0.05, 0.1) is 32.7 Å². The molecule has 0 radical (unpaired) electrons. The number of aromatic nitrogens is 1. The smallest absolute Gasteiger partial charge is 0.264 e. The second kappa shape index (κ2) is 11.6. The van der Waals surface area contributed by atoms with Crippen molar-refractivity contribution in [1.82, 2.24) is 10.3 Å². The van der Waals surface area contributed by atoms with E-state index in [2.05, 4.69) is 15.2 Å². The number of anilines is 2. The van der Waals surface area contributed by atoms with E-state index < -0.39 is 21.8 Å². The lowest BCUT2D eigenvalue weighted by atomic mass is 10.1. The number of amides is 2. The molecule has 2 aliphatic rings. The molecule has 0 unspecified atom stereocenters. The fourth-order valence-corrected chi connectivity index (χ4v) is 5.54. The molecule has 2 amide bonds. The zero-order valence-electron chi connectivity index (χ0n) is 21.2. The fourth-order valence-electron chi connectivity index (χ4n) is 4.59. The van der Waals surface area contributed by atoms with Gasteiger partial charge in [-0.2, -0.15) is 8.42 Å². The van der Waals surface area contributed by atoms with Crippen LogP contribution in [0, 0.1) is 0 Å². The molecule has 1 aromatic heterocycles. The lowest BCUT2D eigenvalue weighted by Crippen LogP contribution is -2.45. The summed E-state index contributed by atoms with van der Waals surface area (Å²) in [5.74, 6) is -0.966. The highest BCUT2D eigenvalue weighted by atomic mass is 35.5. The van der Waals surface area contributed by atoms with Crippen molar-refractivity contribution in [3.8, 4) is 11.5 Å². The number of benzene rings is 2. The Morgan fingerprint density at radius 3 is 2.50 bits per heavy atom. The normalized spacial score (nSPS) is 15.0. The van der Waals surface area contributed by atoms with Gasteiger partial charge < -0.3 is 19.9 Å². The number of carbonyl (C=O) groups is 2. The van der Waals surface area contributed by atoms with Gasteiger partial charge in [-0.15, -0.1) is 0 Å². The van der Waals surface area contributed by atoms with Crippen molar-refractivity contribution in [2.75, 3.05) is 35.2 Å². The van der Waals surface area contributed by atoms with Crippen molar-refractivity contribution < 1.29 is 27.3 Å². The molecular formula is C27H26Cl2N4O6S. The van der Waals surface area contributed by atoms with Crippen LogP contribution in [-0.4, -0.2) is 61.2 Å². The van der Waals surface area contributed by atoms with Crippen molar-refractivity contribution in [2.24, 2.45) is 0 Å². The summed E-state index contributed by atoms with van der Waals surface area (Å²) in [4.78, 5) is 34.5. The van der Waals surface area contributed by atoms with Gasteiger partial charge in [0, 0.05) is 44.1 Å². The summed E-state index contributed by atoms with van der Waals surface area (Å²) in [7, 11) is -4.12. The maximum atomic E-state index is 13.8. The van der Waals surface area contributed by atoms with Crippen LogP contribution in [0.15, 0.2) is 54.9 Å². The topological polar surface area (TPSA) is 129 Å². The first-order valence-corrected chi connectivity index (χ1v) is 15.0. The maximum absolute atomic E-state index is 13.8. The highest BCUT2D eigenvalue weighted by molar-refractivity contribution is 7.85. The third kappa shape index (κ3) is 6.33. The first-order chi connectivity index (χ1) is 19.1. The molecule has 0 atom stereocenters. The van der Waals surface area contributed by atoms with E-state index >= 15 is 0 Å². The van der Waals surface area contributed by atoms with Crippen LogP contribution in [0.2, 0.25) is 10.0 Å². The molecule has 13 heteroatoms. The molecule has 3 aromatic rings. The summed E-state index contributed by atoms with van der Waals surface area (Å²) in [5, 5.41) is 2.65. The molecule has 0 spiro atoms. The Morgan fingerprint density at radius 1 is 1.02 bits per heavy atom. The molecule has 1 fully saturated rings. The maximum Gasteiger partial charge on any atom is 0.264 e. The quantitative estimate of drug-likeness (QED) is 0.263. The van der Waals surface area contributed by atoms with Crippen molar-refractivity contribution in [1.29, 1.82) is 0 Å². The van der Waals surface area contributed by atoms with Crippen LogP contribution >= 0.6 is 23.2 Å². The van der Waals surface area contributed by atoms with E-state index in [0.717, 1.165) is 30.8 Å². The van der Waals surface area contributed by atoms with E-state index in [9.17, 15) is 18.0 Å². The molecule has 2 heterocycles. The second-order valence-electron chi connectivity index (χ2n) is 9.50. The van der Waals surface area contributed by atoms with Gasteiger partial charge >= 0.3 is 0 Å². The molecule has 1 saturated carbocycles. The molecule has 2 N–H and O–H groups in total. The monoisotopic (exact) mass is 604 g/mol. The number of hydrogen-bond acceptors (Lipinski definition) is 7. The molecule has 10 nitrogen and oxygen atoms in total. The van der Waals surface area contributed by atoms with Crippen molar-refractivity contribution in [3.63, 3.8) is 0 Å². The predicted molar refractivity (Wildman–Crippen MR) is 153 cm³/mol. The lowest BCUT2D eigenvalue weighted by molar-refractivity contribution is 0.0952. The highest BCUT2D eigenvalue weighted by Crippen LogP contribution is 2.41. The van der Waals surface area contributed by atoms with Crippen molar-refractivity contribution in [2.45, 2.75) is 25.3 Å². The zero-order valence-corrected chi connectivity index (χ0v) is 23.5. The molecule has 5 rings (SSSR count). The Balaban J connectivity index is 1.34. The number of pyridine rings is 1.